The van der Waals surface area contributed by atoms with E-state index in [0.29, 0.717) is 18.9 Å². The van der Waals surface area contributed by atoms with Crippen LogP contribution in [0, 0.1) is 5.92 Å². The van der Waals surface area contributed by atoms with E-state index in [0.717, 1.165) is 19.3 Å². The van der Waals surface area contributed by atoms with Gasteiger partial charge in [-0.05, 0) is 25.7 Å². The van der Waals surface area contributed by atoms with Gasteiger partial charge in [0, 0.05) is 6.42 Å². The Morgan fingerprint density at radius 2 is 1.55 bits per heavy atom. The van der Waals surface area contributed by atoms with Crippen LogP contribution < -0.4 is 0 Å². The van der Waals surface area contributed by atoms with E-state index >= 15 is 0 Å². The average Bonchev–Trinajstić information content (AvgIpc) is 2.51. The molecule has 0 aromatic rings. The maximum Gasteiger partial charge on any atom is 0.308 e. The Bertz CT molecular complexity index is 253. The number of hydrogen-bond acceptors (Lipinski definition) is 3. The number of esters is 1. The van der Waals surface area contributed by atoms with Crippen molar-refractivity contribution in [2.75, 3.05) is 6.61 Å². The van der Waals surface area contributed by atoms with E-state index in [-0.39, 0.29) is 5.97 Å². The molecule has 0 saturated heterocycles. The summed E-state index contributed by atoms with van der Waals surface area (Å²) in [6.07, 6.45) is 12.0. The summed E-state index contributed by atoms with van der Waals surface area (Å²) >= 11 is 0. The Balaban J connectivity index is 3.63. The van der Waals surface area contributed by atoms with Crippen LogP contribution in [0.1, 0.15) is 98.3 Å². The molecule has 3 heteroatoms. The lowest BCUT2D eigenvalue weighted by Crippen LogP contribution is -2.21. The molecule has 0 aliphatic carbocycles. The van der Waals surface area contributed by atoms with Gasteiger partial charge < -0.3 is 9.47 Å². The van der Waals surface area contributed by atoms with Crippen LogP contribution in [-0.2, 0) is 14.3 Å². The minimum Gasteiger partial charge on any atom is -0.436 e. The molecule has 0 aromatic heterocycles. The number of ether oxygens (including phenoxy) is 2. The molecule has 0 amide bonds. The molecule has 132 valence electrons. The maximum absolute atomic E-state index is 11.7. The Labute approximate surface area is 138 Å². The van der Waals surface area contributed by atoms with Gasteiger partial charge in [0.1, 0.15) is 0 Å². The van der Waals surface area contributed by atoms with Crippen LogP contribution in [0.25, 0.3) is 0 Å². The topological polar surface area (TPSA) is 35.5 Å². The van der Waals surface area contributed by atoms with Crippen LogP contribution in [0.4, 0.5) is 0 Å². The number of carbonyl (C=O) groups is 1. The molecule has 0 fully saturated rings. The normalized spacial score (nSPS) is 13.8. The largest absolute Gasteiger partial charge is 0.436 e. The molecule has 2 atom stereocenters. The number of rotatable bonds is 15. The molecule has 0 aliphatic rings. The average molecular weight is 315 g/mol. The molecular formula is C19H38O3. The van der Waals surface area contributed by atoms with Gasteiger partial charge in [-0.3, -0.25) is 4.79 Å². The van der Waals surface area contributed by atoms with Crippen LogP contribution in [0.5, 0.6) is 0 Å². The number of hydrogen-bond donors (Lipinski definition) is 0. The number of unbranched alkanes of at least 4 members (excludes halogenated alkanes) is 6. The molecule has 22 heavy (non-hydrogen) atoms. The number of carbonyl (C=O) groups excluding carboxylic acids is 1. The second kappa shape index (κ2) is 15.3. The summed E-state index contributed by atoms with van der Waals surface area (Å²) in [4.78, 5) is 11.7. The SMILES string of the molecule is CCCCCCCCC(=O)OC(C)OCC(CC)CCCC. The van der Waals surface area contributed by atoms with Gasteiger partial charge in [-0.2, -0.15) is 0 Å². The smallest absolute Gasteiger partial charge is 0.308 e. The van der Waals surface area contributed by atoms with Crippen molar-refractivity contribution in [3.05, 3.63) is 0 Å². The highest BCUT2D eigenvalue weighted by Gasteiger charge is 2.12. The third kappa shape index (κ3) is 13.1. The van der Waals surface area contributed by atoms with Crippen molar-refractivity contribution in [3.63, 3.8) is 0 Å². The standard InChI is InChI=1S/C19H38O3/c1-5-8-10-11-12-13-15-19(20)22-17(4)21-16-18(7-3)14-9-6-2/h17-18H,5-16H2,1-4H3. The zero-order valence-corrected chi connectivity index (χ0v) is 15.4. The summed E-state index contributed by atoms with van der Waals surface area (Å²) in [5.41, 5.74) is 0. The quantitative estimate of drug-likeness (QED) is 0.216. The van der Waals surface area contributed by atoms with Crippen molar-refractivity contribution in [1.29, 1.82) is 0 Å². The van der Waals surface area contributed by atoms with Crippen LogP contribution in [0.3, 0.4) is 0 Å². The third-order valence-electron chi connectivity index (χ3n) is 4.14. The summed E-state index contributed by atoms with van der Waals surface area (Å²) in [5, 5.41) is 0. The summed E-state index contributed by atoms with van der Waals surface area (Å²) < 4.78 is 11.0. The molecule has 0 saturated carbocycles. The lowest BCUT2D eigenvalue weighted by atomic mass is 10.0. The van der Waals surface area contributed by atoms with Gasteiger partial charge in [0.2, 0.25) is 0 Å². The van der Waals surface area contributed by atoms with Crippen molar-refractivity contribution in [2.24, 2.45) is 5.92 Å². The summed E-state index contributed by atoms with van der Waals surface area (Å²) in [5.74, 6) is 0.462. The monoisotopic (exact) mass is 314 g/mol. The Morgan fingerprint density at radius 3 is 2.18 bits per heavy atom. The van der Waals surface area contributed by atoms with Crippen LogP contribution >= 0.6 is 0 Å². The molecule has 0 rings (SSSR count). The Kier molecular flexibility index (Phi) is 14.9. The minimum atomic E-state index is -0.414. The fraction of sp³-hybridized carbons (Fsp3) is 0.947. The van der Waals surface area contributed by atoms with E-state index in [4.69, 9.17) is 9.47 Å². The zero-order chi connectivity index (χ0) is 16.6. The third-order valence-corrected chi connectivity index (χ3v) is 4.14. The predicted molar refractivity (Wildman–Crippen MR) is 92.8 cm³/mol. The molecule has 0 bridgehead atoms. The first-order valence-corrected chi connectivity index (χ1v) is 9.45. The predicted octanol–water partition coefficient (Wildman–Crippen LogP) is 5.86. The van der Waals surface area contributed by atoms with Crippen LogP contribution in [0.15, 0.2) is 0 Å². The van der Waals surface area contributed by atoms with E-state index in [1.54, 1.807) is 0 Å². The van der Waals surface area contributed by atoms with Crippen molar-refractivity contribution in [2.45, 2.75) is 105 Å². The molecular weight excluding hydrogens is 276 g/mol. The molecule has 0 heterocycles. The van der Waals surface area contributed by atoms with Gasteiger partial charge >= 0.3 is 5.97 Å². The molecule has 3 nitrogen and oxygen atoms in total. The zero-order valence-electron chi connectivity index (χ0n) is 15.4. The van der Waals surface area contributed by atoms with Crippen molar-refractivity contribution < 1.29 is 14.3 Å². The van der Waals surface area contributed by atoms with E-state index < -0.39 is 6.29 Å². The lowest BCUT2D eigenvalue weighted by molar-refractivity contribution is -0.177. The van der Waals surface area contributed by atoms with Gasteiger partial charge in [0.05, 0.1) is 6.61 Å². The second-order valence-corrected chi connectivity index (χ2v) is 6.33. The van der Waals surface area contributed by atoms with Crippen molar-refractivity contribution in [3.8, 4) is 0 Å². The first-order chi connectivity index (χ1) is 10.6. The first kappa shape index (κ1) is 21.4. The molecule has 0 N–H and O–H groups in total. The molecule has 0 spiro atoms. The summed E-state index contributed by atoms with van der Waals surface area (Å²) in [6, 6.07) is 0. The van der Waals surface area contributed by atoms with Crippen LogP contribution in [-0.4, -0.2) is 18.9 Å². The summed E-state index contributed by atoms with van der Waals surface area (Å²) in [6.45, 7) is 9.14. The van der Waals surface area contributed by atoms with Gasteiger partial charge in [0.25, 0.3) is 0 Å². The second-order valence-electron chi connectivity index (χ2n) is 6.33. The van der Waals surface area contributed by atoms with E-state index in [2.05, 4.69) is 20.8 Å². The molecule has 2 unspecified atom stereocenters. The van der Waals surface area contributed by atoms with E-state index in [9.17, 15) is 4.79 Å². The Morgan fingerprint density at radius 1 is 0.909 bits per heavy atom. The molecule has 0 aliphatic heterocycles. The van der Waals surface area contributed by atoms with Gasteiger partial charge in [-0.1, -0.05) is 72.1 Å². The first-order valence-electron chi connectivity index (χ1n) is 9.45. The maximum atomic E-state index is 11.7. The van der Waals surface area contributed by atoms with Crippen molar-refractivity contribution >= 4 is 5.97 Å². The van der Waals surface area contributed by atoms with Crippen LogP contribution in [0.2, 0.25) is 0 Å². The fourth-order valence-corrected chi connectivity index (χ4v) is 2.50. The van der Waals surface area contributed by atoms with Crippen molar-refractivity contribution in [1.82, 2.24) is 0 Å². The van der Waals surface area contributed by atoms with Gasteiger partial charge in [-0.15, -0.1) is 0 Å². The highest BCUT2D eigenvalue weighted by molar-refractivity contribution is 5.69. The fourth-order valence-electron chi connectivity index (χ4n) is 2.50. The highest BCUT2D eigenvalue weighted by Crippen LogP contribution is 2.14. The minimum absolute atomic E-state index is 0.121. The van der Waals surface area contributed by atoms with E-state index in [1.807, 2.05) is 6.92 Å². The Hall–Kier alpha value is -0.570. The molecule has 0 radical (unpaired) electrons. The highest BCUT2D eigenvalue weighted by atomic mass is 16.7. The molecule has 0 aromatic carbocycles. The van der Waals surface area contributed by atoms with Gasteiger partial charge in [0.15, 0.2) is 6.29 Å². The van der Waals surface area contributed by atoms with Gasteiger partial charge in [-0.25, -0.2) is 0 Å². The lowest BCUT2D eigenvalue weighted by Gasteiger charge is -2.19. The summed E-state index contributed by atoms with van der Waals surface area (Å²) in [7, 11) is 0. The van der Waals surface area contributed by atoms with E-state index in [1.165, 1.54) is 44.9 Å².